The van der Waals surface area contributed by atoms with Crippen molar-refractivity contribution in [1.29, 1.82) is 0 Å². The smallest absolute Gasteiger partial charge is 0.0639 e. The molecule has 0 aliphatic heterocycles. The molecule has 0 saturated carbocycles. The first-order chi connectivity index (χ1) is 6.48. The zero-order valence-corrected chi connectivity index (χ0v) is 9.80. The Balaban J connectivity index is 2.58. The van der Waals surface area contributed by atoms with Crippen LogP contribution in [-0.2, 0) is 0 Å². The van der Waals surface area contributed by atoms with E-state index in [0.717, 1.165) is 12.0 Å². The van der Waals surface area contributed by atoms with Crippen LogP contribution in [0.4, 0.5) is 0 Å². The topological polar surface area (TPSA) is 20.2 Å². The van der Waals surface area contributed by atoms with E-state index in [1.807, 2.05) is 6.92 Å². The predicted octanol–water partition coefficient (Wildman–Crippen LogP) is 3.31. The number of hydrogen-bond acceptors (Lipinski definition) is 1. The van der Waals surface area contributed by atoms with Crippen LogP contribution in [0.5, 0.6) is 0 Å². The van der Waals surface area contributed by atoms with Crippen molar-refractivity contribution in [1.82, 2.24) is 0 Å². The molecule has 0 aromatic heterocycles. The maximum Gasteiger partial charge on any atom is 0.0639 e. The molecule has 0 bridgehead atoms. The summed E-state index contributed by atoms with van der Waals surface area (Å²) in [5.74, 6) is 0.712. The molecule has 0 fully saturated rings. The molecule has 0 radical (unpaired) electrons. The van der Waals surface area contributed by atoms with Gasteiger partial charge in [-0.15, -0.1) is 0 Å². The SMILES string of the molecule is CC(=CC[C@H]1CC=C(C)C1(C)C)CO. The van der Waals surface area contributed by atoms with Crippen molar-refractivity contribution in [3.05, 3.63) is 23.3 Å². The molecule has 14 heavy (non-hydrogen) atoms. The Morgan fingerprint density at radius 3 is 2.71 bits per heavy atom. The first-order valence-corrected chi connectivity index (χ1v) is 5.42. The fraction of sp³-hybridized carbons (Fsp3) is 0.692. The molecule has 0 aromatic carbocycles. The third-order valence-corrected chi connectivity index (χ3v) is 3.75. The highest BCUT2D eigenvalue weighted by Gasteiger charge is 2.33. The monoisotopic (exact) mass is 194 g/mol. The number of rotatable bonds is 3. The summed E-state index contributed by atoms with van der Waals surface area (Å²) in [4.78, 5) is 0. The van der Waals surface area contributed by atoms with E-state index in [1.165, 1.54) is 12.0 Å². The molecule has 1 aliphatic carbocycles. The van der Waals surface area contributed by atoms with Crippen LogP contribution >= 0.6 is 0 Å². The van der Waals surface area contributed by atoms with Crippen LogP contribution in [0.1, 0.15) is 40.5 Å². The molecule has 0 heterocycles. The van der Waals surface area contributed by atoms with E-state index < -0.39 is 0 Å². The van der Waals surface area contributed by atoms with Gasteiger partial charge in [-0.1, -0.05) is 37.1 Å². The maximum atomic E-state index is 8.91. The average Bonchev–Trinajstić information content (AvgIpc) is 2.39. The average molecular weight is 194 g/mol. The zero-order chi connectivity index (χ0) is 10.8. The molecule has 1 nitrogen and oxygen atoms in total. The van der Waals surface area contributed by atoms with Crippen molar-refractivity contribution < 1.29 is 5.11 Å². The van der Waals surface area contributed by atoms with E-state index in [0.29, 0.717) is 11.3 Å². The molecule has 80 valence electrons. The molecule has 1 N–H and O–H groups in total. The molecule has 0 aromatic rings. The number of hydrogen-bond donors (Lipinski definition) is 1. The summed E-state index contributed by atoms with van der Waals surface area (Å²) in [6, 6.07) is 0. The fourth-order valence-corrected chi connectivity index (χ4v) is 2.00. The maximum absolute atomic E-state index is 8.91. The Morgan fingerprint density at radius 1 is 1.64 bits per heavy atom. The van der Waals surface area contributed by atoms with Gasteiger partial charge in [-0.05, 0) is 38.0 Å². The van der Waals surface area contributed by atoms with Crippen LogP contribution in [0, 0.1) is 11.3 Å². The van der Waals surface area contributed by atoms with E-state index in [2.05, 4.69) is 32.9 Å². The Hall–Kier alpha value is -0.560. The molecule has 1 rings (SSSR count). The highest BCUT2D eigenvalue weighted by atomic mass is 16.3. The first-order valence-electron chi connectivity index (χ1n) is 5.42. The molecular weight excluding hydrogens is 172 g/mol. The normalized spacial score (nSPS) is 26.5. The second-order valence-corrected chi connectivity index (χ2v) is 4.99. The predicted molar refractivity (Wildman–Crippen MR) is 61.1 cm³/mol. The summed E-state index contributed by atoms with van der Waals surface area (Å²) in [5.41, 5.74) is 2.94. The van der Waals surface area contributed by atoms with Gasteiger partial charge in [-0.2, -0.15) is 0 Å². The van der Waals surface area contributed by atoms with Gasteiger partial charge in [0.25, 0.3) is 0 Å². The van der Waals surface area contributed by atoms with Crippen LogP contribution in [0.25, 0.3) is 0 Å². The second kappa shape index (κ2) is 4.31. The summed E-state index contributed by atoms with van der Waals surface area (Å²) in [5, 5.41) is 8.91. The Labute approximate surface area is 87.5 Å². The standard InChI is InChI=1S/C13H22O/c1-10(9-14)5-7-12-8-6-11(2)13(12,3)4/h5-6,12,14H,7-9H2,1-4H3/t12-/m0/s1. The van der Waals surface area contributed by atoms with Gasteiger partial charge in [-0.25, -0.2) is 0 Å². The van der Waals surface area contributed by atoms with Crippen LogP contribution in [0.2, 0.25) is 0 Å². The van der Waals surface area contributed by atoms with Crippen molar-refractivity contribution in [2.24, 2.45) is 11.3 Å². The van der Waals surface area contributed by atoms with E-state index in [1.54, 1.807) is 0 Å². The number of aliphatic hydroxyl groups is 1. The van der Waals surface area contributed by atoms with Gasteiger partial charge in [0.15, 0.2) is 0 Å². The molecule has 1 heteroatoms. The summed E-state index contributed by atoms with van der Waals surface area (Å²) in [6.07, 6.45) is 6.81. The third-order valence-electron chi connectivity index (χ3n) is 3.75. The van der Waals surface area contributed by atoms with Crippen LogP contribution in [0.3, 0.4) is 0 Å². The van der Waals surface area contributed by atoms with Gasteiger partial charge in [-0.3, -0.25) is 0 Å². The minimum Gasteiger partial charge on any atom is -0.392 e. The number of aliphatic hydroxyl groups excluding tert-OH is 1. The van der Waals surface area contributed by atoms with E-state index in [-0.39, 0.29) is 6.61 Å². The van der Waals surface area contributed by atoms with Gasteiger partial charge in [0.1, 0.15) is 0 Å². The first kappa shape index (κ1) is 11.5. The van der Waals surface area contributed by atoms with E-state index in [4.69, 9.17) is 5.11 Å². The molecule has 0 unspecified atom stereocenters. The zero-order valence-electron chi connectivity index (χ0n) is 9.80. The number of allylic oxidation sites excluding steroid dienone is 3. The van der Waals surface area contributed by atoms with Crippen molar-refractivity contribution >= 4 is 0 Å². The lowest BCUT2D eigenvalue weighted by Gasteiger charge is -2.29. The van der Waals surface area contributed by atoms with Gasteiger partial charge in [0.05, 0.1) is 6.61 Å². The van der Waals surface area contributed by atoms with Gasteiger partial charge in [0, 0.05) is 0 Å². The molecule has 1 aliphatic rings. The molecule has 0 spiro atoms. The van der Waals surface area contributed by atoms with Gasteiger partial charge in [0.2, 0.25) is 0 Å². The molecule has 0 amide bonds. The summed E-state index contributed by atoms with van der Waals surface area (Å²) < 4.78 is 0. The van der Waals surface area contributed by atoms with Crippen molar-refractivity contribution in [2.45, 2.75) is 40.5 Å². The van der Waals surface area contributed by atoms with E-state index >= 15 is 0 Å². The summed E-state index contributed by atoms with van der Waals surface area (Å²) >= 11 is 0. The van der Waals surface area contributed by atoms with Crippen LogP contribution < -0.4 is 0 Å². The highest BCUT2D eigenvalue weighted by molar-refractivity contribution is 5.19. The van der Waals surface area contributed by atoms with Crippen LogP contribution in [-0.4, -0.2) is 11.7 Å². The second-order valence-electron chi connectivity index (χ2n) is 4.99. The van der Waals surface area contributed by atoms with Gasteiger partial charge >= 0.3 is 0 Å². The van der Waals surface area contributed by atoms with E-state index in [9.17, 15) is 0 Å². The van der Waals surface area contributed by atoms with Crippen molar-refractivity contribution in [3.8, 4) is 0 Å². The molecule has 1 atom stereocenters. The lowest BCUT2D eigenvalue weighted by atomic mass is 9.76. The Kier molecular flexibility index (Phi) is 3.54. The van der Waals surface area contributed by atoms with Crippen LogP contribution in [0.15, 0.2) is 23.3 Å². The lowest BCUT2D eigenvalue weighted by molar-refractivity contribution is 0.292. The molecule has 0 saturated heterocycles. The Bertz CT molecular complexity index is 258. The summed E-state index contributed by atoms with van der Waals surface area (Å²) in [6.45, 7) is 9.04. The van der Waals surface area contributed by atoms with Crippen molar-refractivity contribution in [2.75, 3.05) is 6.61 Å². The minimum atomic E-state index is 0.194. The molecular formula is C13H22O. The van der Waals surface area contributed by atoms with Gasteiger partial charge < -0.3 is 5.11 Å². The quantitative estimate of drug-likeness (QED) is 0.683. The fourth-order valence-electron chi connectivity index (χ4n) is 2.00. The minimum absolute atomic E-state index is 0.194. The third kappa shape index (κ3) is 2.27. The largest absolute Gasteiger partial charge is 0.392 e. The summed E-state index contributed by atoms with van der Waals surface area (Å²) in [7, 11) is 0. The van der Waals surface area contributed by atoms with Crippen molar-refractivity contribution in [3.63, 3.8) is 0 Å². The highest BCUT2D eigenvalue weighted by Crippen LogP contribution is 2.44. The lowest BCUT2D eigenvalue weighted by Crippen LogP contribution is -2.19. The Morgan fingerprint density at radius 2 is 2.29 bits per heavy atom.